The van der Waals surface area contributed by atoms with Gasteiger partial charge in [0.05, 0.1) is 6.61 Å². The van der Waals surface area contributed by atoms with Crippen molar-refractivity contribution in [2.45, 2.75) is 25.1 Å². The van der Waals surface area contributed by atoms with Gasteiger partial charge in [-0.05, 0) is 25.5 Å². The van der Waals surface area contributed by atoms with E-state index in [0.717, 1.165) is 0 Å². The van der Waals surface area contributed by atoms with Gasteiger partial charge in [0, 0.05) is 12.7 Å². The Balaban J connectivity index is 2.99. The summed E-state index contributed by atoms with van der Waals surface area (Å²) in [4.78, 5) is 24.0. The van der Waals surface area contributed by atoms with E-state index in [9.17, 15) is 9.59 Å². The summed E-state index contributed by atoms with van der Waals surface area (Å²) in [5, 5.41) is 0. The molecule has 0 spiro atoms. The third-order valence-electron chi connectivity index (χ3n) is 2.87. The van der Waals surface area contributed by atoms with Gasteiger partial charge in [-0.1, -0.05) is 36.7 Å². The van der Waals surface area contributed by atoms with Gasteiger partial charge in [0.1, 0.15) is 0 Å². The average molecular weight is 284 g/mol. The number of alkyl halides is 1. The van der Waals surface area contributed by atoms with Crippen molar-refractivity contribution in [3.8, 4) is 0 Å². The number of hydrogen-bond donors (Lipinski definition) is 0. The summed E-state index contributed by atoms with van der Waals surface area (Å²) < 4.78 is 4.89. The second-order valence-corrected chi connectivity index (χ2v) is 4.72. The zero-order chi connectivity index (χ0) is 14.5. The number of benzene rings is 1. The van der Waals surface area contributed by atoms with Crippen LogP contribution in [-0.4, -0.2) is 30.4 Å². The summed E-state index contributed by atoms with van der Waals surface area (Å²) >= 11 is 6.18. The molecule has 0 aliphatic heterocycles. The molecule has 1 atom stereocenters. The Labute approximate surface area is 118 Å². The Morgan fingerprint density at radius 2 is 1.84 bits per heavy atom. The molecule has 104 valence electrons. The van der Waals surface area contributed by atoms with Gasteiger partial charge in [0.2, 0.25) is 4.87 Å². The third kappa shape index (κ3) is 3.26. The van der Waals surface area contributed by atoms with E-state index >= 15 is 0 Å². The highest BCUT2D eigenvalue weighted by molar-refractivity contribution is 6.47. The van der Waals surface area contributed by atoms with Crippen LogP contribution in [0.3, 0.4) is 0 Å². The largest absolute Gasteiger partial charge is 0.464 e. The fraction of sp³-hybridized carbons (Fsp3) is 0.429. The molecule has 1 amide bonds. The van der Waals surface area contributed by atoms with Gasteiger partial charge in [0.15, 0.2) is 0 Å². The predicted molar refractivity (Wildman–Crippen MR) is 75.4 cm³/mol. The molecule has 1 unspecified atom stereocenters. The Kier molecular flexibility index (Phi) is 5.36. The lowest BCUT2D eigenvalue weighted by Crippen LogP contribution is -2.49. The lowest BCUT2D eigenvalue weighted by atomic mass is 10.0. The molecule has 5 heteroatoms. The van der Waals surface area contributed by atoms with Crippen molar-refractivity contribution in [1.82, 2.24) is 0 Å². The molecule has 0 fully saturated rings. The van der Waals surface area contributed by atoms with Gasteiger partial charge in [-0.3, -0.25) is 4.79 Å². The minimum atomic E-state index is -1.67. The molecule has 0 heterocycles. The summed E-state index contributed by atoms with van der Waals surface area (Å²) in [6.07, 6.45) is 0.170. The number of carbonyl (C=O) groups excluding carboxylic acids is 2. The average Bonchev–Trinajstić information content (AvgIpc) is 2.46. The number of ether oxygens (including phenoxy) is 1. The molecule has 1 aromatic carbocycles. The molecule has 1 rings (SSSR count). The second-order valence-electron chi connectivity index (χ2n) is 4.07. The first kappa shape index (κ1) is 15.5. The number of nitrogens with zero attached hydrogens (tertiary/aromatic N) is 1. The zero-order valence-corrected chi connectivity index (χ0v) is 12.1. The highest BCUT2D eigenvalue weighted by Gasteiger charge is 2.46. The van der Waals surface area contributed by atoms with E-state index in [1.54, 1.807) is 33.0 Å². The molecule has 0 saturated carbocycles. The van der Waals surface area contributed by atoms with Crippen LogP contribution in [0.15, 0.2) is 30.3 Å². The number of hydrogen-bond acceptors (Lipinski definition) is 3. The number of para-hydroxylation sites is 1. The maximum Gasteiger partial charge on any atom is 0.336 e. The van der Waals surface area contributed by atoms with Crippen molar-refractivity contribution in [3.63, 3.8) is 0 Å². The van der Waals surface area contributed by atoms with Crippen LogP contribution in [-0.2, 0) is 14.3 Å². The Morgan fingerprint density at radius 1 is 1.26 bits per heavy atom. The molecule has 0 saturated heterocycles. The monoisotopic (exact) mass is 283 g/mol. The van der Waals surface area contributed by atoms with Crippen molar-refractivity contribution in [2.75, 3.05) is 18.6 Å². The highest BCUT2D eigenvalue weighted by Crippen LogP contribution is 2.27. The van der Waals surface area contributed by atoms with E-state index in [4.69, 9.17) is 16.3 Å². The van der Waals surface area contributed by atoms with E-state index in [2.05, 4.69) is 0 Å². The summed E-state index contributed by atoms with van der Waals surface area (Å²) in [5.74, 6) is -1.19. The van der Waals surface area contributed by atoms with E-state index in [1.165, 1.54) is 4.90 Å². The van der Waals surface area contributed by atoms with Crippen LogP contribution in [0, 0.1) is 0 Å². The molecule has 0 bridgehead atoms. The van der Waals surface area contributed by atoms with Crippen molar-refractivity contribution in [1.29, 1.82) is 0 Å². The number of rotatable bonds is 5. The van der Waals surface area contributed by atoms with Crippen LogP contribution in [0.1, 0.15) is 20.3 Å². The first-order valence-electron chi connectivity index (χ1n) is 6.16. The first-order chi connectivity index (χ1) is 8.97. The van der Waals surface area contributed by atoms with Gasteiger partial charge in [-0.2, -0.15) is 0 Å². The Hall–Kier alpha value is -1.55. The molecule has 19 heavy (non-hydrogen) atoms. The molecular weight excluding hydrogens is 266 g/mol. The number of anilines is 1. The van der Waals surface area contributed by atoms with Crippen molar-refractivity contribution >= 4 is 29.2 Å². The summed E-state index contributed by atoms with van der Waals surface area (Å²) in [5.41, 5.74) is 0.676. The van der Waals surface area contributed by atoms with Crippen LogP contribution in [0.25, 0.3) is 0 Å². The number of amides is 1. The maximum absolute atomic E-state index is 12.4. The second kappa shape index (κ2) is 6.57. The van der Waals surface area contributed by atoms with Crippen molar-refractivity contribution in [2.24, 2.45) is 0 Å². The molecule has 0 aliphatic rings. The number of carbonyl (C=O) groups is 2. The topological polar surface area (TPSA) is 46.6 Å². The molecular formula is C14H18ClNO3. The summed E-state index contributed by atoms with van der Waals surface area (Å²) in [6, 6.07) is 9.02. The molecule has 1 aromatic rings. The van der Waals surface area contributed by atoms with Crippen LogP contribution < -0.4 is 4.90 Å². The maximum atomic E-state index is 12.4. The highest BCUT2D eigenvalue weighted by atomic mass is 35.5. The Bertz CT molecular complexity index is 449. The minimum Gasteiger partial charge on any atom is -0.464 e. The number of halogens is 1. The first-order valence-corrected chi connectivity index (χ1v) is 6.54. The van der Waals surface area contributed by atoms with Crippen LogP contribution >= 0.6 is 11.6 Å². The van der Waals surface area contributed by atoms with Gasteiger partial charge in [-0.15, -0.1) is 0 Å². The molecule has 0 radical (unpaired) electrons. The quantitative estimate of drug-likeness (QED) is 0.474. The summed E-state index contributed by atoms with van der Waals surface area (Å²) in [6.45, 7) is 3.55. The molecule has 0 N–H and O–H groups in total. The summed E-state index contributed by atoms with van der Waals surface area (Å²) in [7, 11) is 1.59. The van der Waals surface area contributed by atoms with Crippen LogP contribution in [0.5, 0.6) is 0 Å². The fourth-order valence-corrected chi connectivity index (χ4v) is 1.84. The zero-order valence-electron chi connectivity index (χ0n) is 11.4. The van der Waals surface area contributed by atoms with E-state index in [1.807, 2.05) is 18.2 Å². The molecule has 0 aliphatic carbocycles. The number of esters is 1. The lowest BCUT2D eigenvalue weighted by molar-refractivity contribution is -0.149. The van der Waals surface area contributed by atoms with Gasteiger partial charge in [0.25, 0.3) is 5.91 Å². The molecule has 4 nitrogen and oxygen atoms in total. The predicted octanol–water partition coefficient (Wildman–Crippen LogP) is 2.60. The van der Waals surface area contributed by atoms with E-state index in [0.29, 0.717) is 5.69 Å². The Morgan fingerprint density at radius 3 is 2.32 bits per heavy atom. The van der Waals surface area contributed by atoms with Crippen LogP contribution in [0.2, 0.25) is 0 Å². The normalized spacial score (nSPS) is 13.5. The van der Waals surface area contributed by atoms with E-state index in [-0.39, 0.29) is 13.0 Å². The van der Waals surface area contributed by atoms with Gasteiger partial charge in [-0.25, -0.2) is 4.79 Å². The fourth-order valence-electron chi connectivity index (χ4n) is 1.66. The van der Waals surface area contributed by atoms with Crippen molar-refractivity contribution < 1.29 is 14.3 Å². The third-order valence-corrected chi connectivity index (χ3v) is 3.46. The van der Waals surface area contributed by atoms with Gasteiger partial charge >= 0.3 is 5.97 Å². The lowest BCUT2D eigenvalue weighted by Gasteiger charge is -2.27. The SMILES string of the molecule is CCOC(=O)C(Cl)(CC)C(=O)N(C)c1ccccc1. The minimum absolute atomic E-state index is 0.170. The van der Waals surface area contributed by atoms with E-state index < -0.39 is 16.8 Å². The molecule has 0 aromatic heterocycles. The van der Waals surface area contributed by atoms with Crippen LogP contribution in [0.4, 0.5) is 5.69 Å². The standard InChI is InChI=1S/C14H18ClNO3/c1-4-14(15,13(18)19-5-2)12(17)16(3)11-9-7-6-8-10-11/h6-10H,4-5H2,1-3H3. The van der Waals surface area contributed by atoms with Gasteiger partial charge < -0.3 is 9.64 Å². The smallest absolute Gasteiger partial charge is 0.336 e. The van der Waals surface area contributed by atoms with Crippen molar-refractivity contribution in [3.05, 3.63) is 30.3 Å².